The Kier molecular flexibility index (Phi) is 3.45. The number of rotatable bonds is 2. The normalized spacial score (nSPS) is 21.6. The highest BCUT2D eigenvalue weighted by atomic mass is 16.5. The number of carbonyl (C=O) groups excluding carboxylic acids is 1. The molecule has 0 radical (unpaired) electrons. The summed E-state index contributed by atoms with van der Waals surface area (Å²) < 4.78 is 5.32. The Morgan fingerprint density at radius 3 is 2.60 bits per heavy atom. The molecule has 1 saturated heterocycles. The zero-order chi connectivity index (χ0) is 14.2. The third kappa shape index (κ3) is 2.41. The molecule has 20 heavy (non-hydrogen) atoms. The lowest BCUT2D eigenvalue weighted by atomic mass is 9.65. The topological polar surface area (TPSA) is 29.5 Å². The first-order chi connectivity index (χ1) is 9.62. The summed E-state index contributed by atoms with van der Waals surface area (Å²) in [4.78, 5) is 13.3. The van der Waals surface area contributed by atoms with Gasteiger partial charge in [0, 0.05) is 25.4 Å². The van der Waals surface area contributed by atoms with Crippen LogP contribution in [0, 0.1) is 5.41 Å². The van der Waals surface area contributed by atoms with E-state index in [2.05, 4.69) is 18.2 Å². The van der Waals surface area contributed by atoms with Gasteiger partial charge in [0.1, 0.15) is 5.75 Å². The third-order valence-corrected chi connectivity index (χ3v) is 5.11. The molecule has 0 N–H and O–H groups in total. The molecule has 1 aromatic rings. The summed E-state index contributed by atoms with van der Waals surface area (Å²) in [5, 5.41) is 0. The van der Waals surface area contributed by atoms with E-state index in [0.29, 0.717) is 11.3 Å². The van der Waals surface area contributed by atoms with Gasteiger partial charge in [-0.05, 0) is 49.3 Å². The van der Waals surface area contributed by atoms with Crippen molar-refractivity contribution >= 4 is 5.91 Å². The SMILES string of the molecule is COc1cccc(C2CCC3(CC2)CN(C(C)=O)C3)c1. The molecule has 1 aromatic carbocycles. The molecule has 1 aliphatic carbocycles. The van der Waals surface area contributed by atoms with Crippen LogP contribution in [0.15, 0.2) is 24.3 Å². The zero-order valence-electron chi connectivity index (χ0n) is 12.4. The molecular weight excluding hydrogens is 250 g/mol. The predicted octanol–water partition coefficient (Wildman–Crippen LogP) is 3.20. The van der Waals surface area contributed by atoms with Crippen molar-refractivity contribution < 1.29 is 9.53 Å². The molecule has 0 bridgehead atoms. The van der Waals surface area contributed by atoms with E-state index in [1.54, 1.807) is 14.0 Å². The van der Waals surface area contributed by atoms with Crippen molar-refractivity contribution in [2.75, 3.05) is 20.2 Å². The summed E-state index contributed by atoms with van der Waals surface area (Å²) in [5.74, 6) is 1.84. The molecule has 3 heteroatoms. The van der Waals surface area contributed by atoms with Gasteiger partial charge in [-0.1, -0.05) is 12.1 Å². The van der Waals surface area contributed by atoms with Crippen LogP contribution in [0.2, 0.25) is 0 Å². The van der Waals surface area contributed by atoms with Crippen LogP contribution in [0.4, 0.5) is 0 Å². The van der Waals surface area contributed by atoms with Gasteiger partial charge in [-0.15, -0.1) is 0 Å². The Labute approximate surface area is 120 Å². The van der Waals surface area contributed by atoms with Gasteiger partial charge in [-0.2, -0.15) is 0 Å². The average Bonchev–Trinajstić information content (AvgIpc) is 2.45. The maximum atomic E-state index is 11.3. The minimum absolute atomic E-state index is 0.227. The van der Waals surface area contributed by atoms with Crippen LogP contribution in [-0.4, -0.2) is 31.0 Å². The van der Waals surface area contributed by atoms with Crippen LogP contribution in [0.5, 0.6) is 5.75 Å². The smallest absolute Gasteiger partial charge is 0.219 e. The monoisotopic (exact) mass is 273 g/mol. The number of amides is 1. The summed E-state index contributed by atoms with van der Waals surface area (Å²) in [7, 11) is 1.72. The summed E-state index contributed by atoms with van der Waals surface area (Å²) in [6.07, 6.45) is 4.97. The van der Waals surface area contributed by atoms with Gasteiger partial charge < -0.3 is 9.64 Å². The number of ether oxygens (including phenoxy) is 1. The van der Waals surface area contributed by atoms with Crippen molar-refractivity contribution in [2.24, 2.45) is 5.41 Å². The lowest BCUT2D eigenvalue weighted by molar-refractivity contribution is -0.143. The molecule has 1 saturated carbocycles. The molecule has 2 aliphatic rings. The number of nitrogens with zero attached hydrogens (tertiary/aromatic N) is 1. The van der Waals surface area contributed by atoms with E-state index in [-0.39, 0.29) is 5.91 Å². The van der Waals surface area contributed by atoms with Crippen molar-refractivity contribution in [3.05, 3.63) is 29.8 Å². The highest BCUT2D eigenvalue weighted by Gasteiger charge is 2.46. The van der Waals surface area contributed by atoms with Gasteiger partial charge in [0.25, 0.3) is 0 Å². The van der Waals surface area contributed by atoms with Crippen LogP contribution in [-0.2, 0) is 4.79 Å². The Balaban J connectivity index is 1.60. The third-order valence-electron chi connectivity index (χ3n) is 5.11. The zero-order valence-corrected chi connectivity index (χ0v) is 12.4. The van der Waals surface area contributed by atoms with Crippen molar-refractivity contribution in [2.45, 2.75) is 38.5 Å². The maximum Gasteiger partial charge on any atom is 0.219 e. The second-order valence-electron chi connectivity index (χ2n) is 6.43. The molecule has 3 nitrogen and oxygen atoms in total. The van der Waals surface area contributed by atoms with Crippen molar-refractivity contribution in [1.82, 2.24) is 4.90 Å². The first-order valence-electron chi connectivity index (χ1n) is 7.51. The number of hydrogen-bond donors (Lipinski definition) is 0. The van der Waals surface area contributed by atoms with E-state index >= 15 is 0 Å². The molecular formula is C17H23NO2. The molecule has 1 amide bonds. The number of likely N-dealkylation sites (tertiary alicyclic amines) is 1. The Bertz CT molecular complexity index is 495. The van der Waals surface area contributed by atoms with E-state index in [9.17, 15) is 4.79 Å². The van der Waals surface area contributed by atoms with E-state index in [1.165, 1.54) is 31.2 Å². The van der Waals surface area contributed by atoms with Crippen molar-refractivity contribution in [1.29, 1.82) is 0 Å². The predicted molar refractivity (Wildman–Crippen MR) is 78.9 cm³/mol. The molecule has 2 fully saturated rings. The second kappa shape index (κ2) is 5.12. The van der Waals surface area contributed by atoms with Crippen molar-refractivity contribution in [3.63, 3.8) is 0 Å². The quantitative estimate of drug-likeness (QED) is 0.828. The fourth-order valence-electron chi connectivity index (χ4n) is 3.76. The fraction of sp³-hybridized carbons (Fsp3) is 0.588. The number of carbonyl (C=O) groups is 1. The van der Waals surface area contributed by atoms with Crippen LogP contribution in [0.3, 0.4) is 0 Å². The summed E-state index contributed by atoms with van der Waals surface area (Å²) in [5.41, 5.74) is 1.84. The molecule has 1 heterocycles. The Hall–Kier alpha value is -1.51. The molecule has 0 unspecified atom stereocenters. The summed E-state index contributed by atoms with van der Waals surface area (Å²) in [6.45, 7) is 3.63. The second-order valence-corrected chi connectivity index (χ2v) is 6.43. The minimum Gasteiger partial charge on any atom is -0.497 e. The number of hydrogen-bond acceptors (Lipinski definition) is 2. The van der Waals surface area contributed by atoms with Crippen LogP contribution in [0.25, 0.3) is 0 Å². The molecule has 0 atom stereocenters. The molecule has 108 valence electrons. The van der Waals surface area contributed by atoms with Gasteiger partial charge >= 0.3 is 0 Å². The van der Waals surface area contributed by atoms with Crippen LogP contribution >= 0.6 is 0 Å². The van der Waals surface area contributed by atoms with Crippen LogP contribution in [0.1, 0.15) is 44.1 Å². The summed E-state index contributed by atoms with van der Waals surface area (Å²) >= 11 is 0. The van der Waals surface area contributed by atoms with Gasteiger partial charge in [0.2, 0.25) is 5.91 Å². The van der Waals surface area contributed by atoms with Crippen LogP contribution < -0.4 is 4.74 Å². The molecule has 1 spiro atoms. The maximum absolute atomic E-state index is 11.3. The standard InChI is InChI=1S/C17H23NO2/c1-13(19)18-11-17(12-18)8-6-14(7-9-17)15-4-3-5-16(10-15)20-2/h3-5,10,14H,6-9,11-12H2,1-2H3. The fourth-order valence-corrected chi connectivity index (χ4v) is 3.76. The molecule has 3 rings (SSSR count). The lowest BCUT2D eigenvalue weighted by Gasteiger charge is -2.53. The average molecular weight is 273 g/mol. The highest BCUT2D eigenvalue weighted by molar-refractivity contribution is 5.74. The molecule has 0 aromatic heterocycles. The largest absolute Gasteiger partial charge is 0.497 e. The van der Waals surface area contributed by atoms with Gasteiger partial charge in [-0.3, -0.25) is 4.79 Å². The van der Waals surface area contributed by atoms with E-state index in [4.69, 9.17) is 4.74 Å². The van der Waals surface area contributed by atoms with Gasteiger partial charge in [-0.25, -0.2) is 0 Å². The van der Waals surface area contributed by atoms with Gasteiger partial charge in [0.15, 0.2) is 0 Å². The van der Waals surface area contributed by atoms with Gasteiger partial charge in [0.05, 0.1) is 7.11 Å². The molecule has 1 aliphatic heterocycles. The van der Waals surface area contributed by atoms with Crippen molar-refractivity contribution in [3.8, 4) is 5.75 Å². The highest BCUT2D eigenvalue weighted by Crippen LogP contribution is 2.48. The van der Waals surface area contributed by atoms with E-state index in [0.717, 1.165) is 18.8 Å². The first kappa shape index (κ1) is 13.5. The van der Waals surface area contributed by atoms with E-state index < -0.39 is 0 Å². The lowest BCUT2D eigenvalue weighted by Crippen LogP contribution is -2.58. The Morgan fingerprint density at radius 1 is 1.30 bits per heavy atom. The number of benzene rings is 1. The Morgan fingerprint density at radius 2 is 2.00 bits per heavy atom. The minimum atomic E-state index is 0.227. The van der Waals surface area contributed by atoms with E-state index in [1.807, 2.05) is 11.0 Å². The summed E-state index contributed by atoms with van der Waals surface area (Å²) in [6, 6.07) is 8.48. The first-order valence-corrected chi connectivity index (χ1v) is 7.51. The number of methoxy groups -OCH3 is 1.